The lowest BCUT2D eigenvalue weighted by Crippen LogP contribution is -2.30. The van der Waals surface area contributed by atoms with Crippen LogP contribution in [0.15, 0.2) is 6.20 Å². The van der Waals surface area contributed by atoms with Gasteiger partial charge in [-0.3, -0.25) is 9.78 Å². The first-order chi connectivity index (χ1) is 9.15. The van der Waals surface area contributed by atoms with E-state index in [4.69, 9.17) is 4.74 Å². The van der Waals surface area contributed by atoms with E-state index in [2.05, 4.69) is 25.8 Å². The SMILES string of the molecule is COc1c(C)cnc(CN(C)C(=O)CC(C)(C)C)c1C. The van der Waals surface area contributed by atoms with Crippen molar-refractivity contribution in [2.24, 2.45) is 5.41 Å². The van der Waals surface area contributed by atoms with Gasteiger partial charge in [0.2, 0.25) is 5.91 Å². The fraction of sp³-hybridized carbons (Fsp3) is 0.625. The van der Waals surface area contributed by atoms with E-state index in [0.29, 0.717) is 13.0 Å². The van der Waals surface area contributed by atoms with Gasteiger partial charge in [-0.25, -0.2) is 0 Å². The minimum atomic E-state index is -0.00121. The highest BCUT2D eigenvalue weighted by Gasteiger charge is 2.20. The zero-order valence-corrected chi connectivity index (χ0v) is 13.7. The van der Waals surface area contributed by atoms with E-state index in [-0.39, 0.29) is 11.3 Å². The summed E-state index contributed by atoms with van der Waals surface area (Å²) in [7, 11) is 3.48. The number of aryl methyl sites for hydroxylation is 1. The lowest BCUT2D eigenvalue weighted by atomic mass is 9.91. The van der Waals surface area contributed by atoms with Gasteiger partial charge in [0.15, 0.2) is 0 Å². The van der Waals surface area contributed by atoms with Crippen LogP contribution in [0.1, 0.15) is 44.0 Å². The molecule has 1 amide bonds. The summed E-state index contributed by atoms with van der Waals surface area (Å²) >= 11 is 0. The standard InChI is InChI=1S/C16H26N2O2/c1-11-9-17-13(12(2)15(11)20-7)10-18(6)14(19)8-16(3,4)5/h9H,8,10H2,1-7H3. The molecule has 0 spiro atoms. The highest BCUT2D eigenvalue weighted by molar-refractivity contribution is 5.76. The van der Waals surface area contributed by atoms with Crippen LogP contribution in [0.25, 0.3) is 0 Å². The molecule has 1 aromatic rings. The fourth-order valence-corrected chi connectivity index (χ4v) is 2.13. The summed E-state index contributed by atoms with van der Waals surface area (Å²) in [5, 5.41) is 0. The lowest BCUT2D eigenvalue weighted by Gasteiger charge is -2.24. The van der Waals surface area contributed by atoms with Crippen LogP contribution in [0, 0.1) is 19.3 Å². The minimum absolute atomic E-state index is 0.00121. The van der Waals surface area contributed by atoms with E-state index in [9.17, 15) is 4.79 Å². The molecule has 0 atom stereocenters. The summed E-state index contributed by atoms with van der Waals surface area (Å²) in [6.45, 7) is 10.7. The number of methoxy groups -OCH3 is 1. The number of ether oxygens (including phenoxy) is 1. The summed E-state index contributed by atoms with van der Waals surface area (Å²) in [4.78, 5) is 18.3. The van der Waals surface area contributed by atoms with Gasteiger partial charge in [-0.15, -0.1) is 0 Å². The zero-order valence-electron chi connectivity index (χ0n) is 13.7. The molecular formula is C16H26N2O2. The summed E-state index contributed by atoms with van der Waals surface area (Å²) in [5.74, 6) is 0.991. The van der Waals surface area contributed by atoms with Crippen molar-refractivity contribution in [1.29, 1.82) is 0 Å². The number of nitrogens with zero attached hydrogens (tertiary/aromatic N) is 2. The zero-order chi connectivity index (χ0) is 15.5. The van der Waals surface area contributed by atoms with Gasteiger partial charge in [-0.05, 0) is 19.3 Å². The Morgan fingerprint density at radius 2 is 1.95 bits per heavy atom. The van der Waals surface area contributed by atoms with E-state index in [0.717, 1.165) is 22.6 Å². The Morgan fingerprint density at radius 1 is 1.35 bits per heavy atom. The normalized spacial score (nSPS) is 11.3. The van der Waals surface area contributed by atoms with Crippen molar-refractivity contribution < 1.29 is 9.53 Å². The number of pyridine rings is 1. The highest BCUT2D eigenvalue weighted by atomic mass is 16.5. The van der Waals surface area contributed by atoms with Gasteiger partial charge in [0, 0.05) is 30.8 Å². The predicted molar refractivity (Wildman–Crippen MR) is 80.8 cm³/mol. The largest absolute Gasteiger partial charge is 0.496 e. The Balaban J connectivity index is 2.86. The molecule has 4 heteroatoms. The third-order valence-corrected chi connectivity index (χ3v) is 3.24. The average molecular weight is 278 g/mol. The number of carbonyl (C=O) groups excluding carboxylic acids is 1. The van der Waals surface area contributed by atoms with E-state index in [1.807, 2.05) is 20.9 Å². The van der Waals surface area contributed by atoms with Crippen LogP contribution in [0.5, 0.6) is 5.75 Å². The van der Waals surface area contributed by atoms with Gasteiger partial charge < -0.3 is 9.64 Å². The average Bonchev–Trinajstić information content (AvgIpc) is 2.31. The van der Waals surface area contributed by atoms with E-state index in [1.165, 1.54) is 0 Å². The first-order valence-electron chi connectivity index (χ1n) is 6.88. The molecule has 0 aliphatic carbocycles. The summed E-state index contributed by atoms with van der Waals surface area (Å²) in [6.07, 6.45) is 2.33. The molecule has 0 saturated carbocycles. The van der Waals surface area contributed by atoms with Crippen LogP contribution in [0.3, 0.4) is 0 Å². The minimum Gasteiger partial charge on any atom is -0.496 e. The van der Waals surface area contributed by atoms with Crippen molar-refractivity contribution in [3.05, 3.63) is 23.0 Å². The number of hydrogen-bond acceptors (Lipinski definition) is 3. The van der Waals surface area contributed by atoms with E-state index < -0.39 is 0 Å². The van der Waals surface area contributed by atoms with Crippen LogP contribution in [-0.4, -0.2) is 29.9 Å². The van der Waals surface area contributed by atoms with Crippen molar-refractivity contribution >= 4 is 5.91 Å². The number of rotatable bonds is 4. The second-order valence-electron chi connectivity index (χ2n) is 6.53. The molecule has 0 fully saturated rings. The summed E-state index contributed by atoms with van der Waals surface area (Å²) < 4.78 is 5.40. The van der Waals surface area contributed by atoms with Crippen LogP contribution in [0.4, 0.5) is 0 Å². The summed E-state index contributed by atoms with van der Waals surface area (Å²) in [5.41, 5.74) is 2.90. The van der Waals surface area contributed by atoms with Crippen LogP contribution in [0.2, 0.25) is 0 Å². The van der Waals surface area contributed by atoms with Crippen molar-refractivity contribution in [2.75, 3.05) is 14.2 Å². The molecular weight excluding hydrogens is 252 g/mol. The molecule has 20 heavy (non-hydrogen) atoms. The number of carbonyl (C=O) groups is 1. The third kappa shape index (κ3) is 4.22. The second kappa shape index (κ2) is 6.25. The summed E-state index contributed by atoms with van der Waals surface area (Å²) in [6, 6.07) is 0. The number of hydrogen-bond donors (Lipinski definition) is 0. The van der Waals surface area contributed by atoms with Crippen molar-refractivity contribution in [1.82, 2.24) is 9.88 Å². The Hall–Kier alpha value is -1.58. The quantitative estimate of drug-likeness (QED) is 0.850. The van der Waals surface area contributed by atoms with Crippen LogP contribution < -0.4 is 4.74 Å². The maximum Gasteiger partial charge on any atom is 0.223 e. The highest BCUT2D eigenvalue weighted by Crippen LogP contribution is 2.25. The maximum absolute atomic E-state index is 12.2. The van der Waals surface area contributed by atoms with Crippen LogP contribution in [-0.2, 0) is 11.3 Å². The molecule has 1 rings (SSSR count). The molecule has 112 valence electrons. The van der Waals surface area contributed by atoms with E-state index in [1.54, 1.807) is 18.2 Å². The number of amides is 1. The first-order valence-corrected chi connectivity index (χ1v) is 6.88. The van der Waals surface area contributed by atoms with Gasteiger partial charge in [-0.1, -0.05) is 20.8 Å². The molecule has 0 saturated heterocycles. The van der Waals surface area contributed by atoms with Gasteiger partial charge in [0.1, 0.15) is 5.75 Å². The Kier molecular flexibility index (Phi) is 5.15. The smallest absolute Gasteiger partial charge is 0.223 e. The fourth-order valence-electron chi connectivity index (χ4n) is 2.13. The Labute approximate surface area is 122 Å². The Bertz CT molecular complexity index is 490. The van der Waals surface area contributed by atoms with Gasteiger partial charge in [0.25, 0.3) is 0 Å². The molecule has 0 aromatic carbocycles. The first kappa shape index (κ1) is 16.5. The molecule has 0 aliphatic rings. The van der Waals surface area contributed by atoms with E-state index >= 15 is 0 Å². The molecule has 0 N–H and O–H groups in total. The lowest BCUT2D eigenvalue weighted by molar-refractivity contribution is -0.132. The van der Waals surface area contributed by atoms with Gasteiger partial charge in [-0.2, -0.15) is 0 Å². The molecule has 0 bridgehead atoms. The van der Waals surface area contributed by atoms with Crippen molar-refractivity contribution in [3.8, 4) is 5.75 Å². The van der Waals surface area contributed by atoms with Crippen LogP contribution >= 0.6 is 0 Å². The predicted octanol–water partition coefficient (Wildman–Crippen LogP) is 3.10. The number of aromatic nitrogens is 1. The van der Waals surface area contributed by atoms with Crippen molar-refractivity contribution in [2.45, 2.75) is 47.6 Å². The molecule has 4 nitrogen and oxygen atoms in total. The molecule has 1 aromatic heterocycles. The van der Waals surface area contributed by atoms with Crippen molar-refractivity contribution in [3.63, 3.8) is 0 Å². The molecule has 0 radical (unpaired) electrons. The van der Waals surface area contributed by atoms with Gasteiger partial charge in [0.05, 0.1) is 19.3 Å². The second-order valence-corrected chi connectivity index (χ2v) is 6.53. The molecule has 0 unspecified atom stereocenters. The topological polar surface area (TPSA) is 42.4 Å². The molecule has 0 aliphatic heterocycles. The Morgan fingerprint density at radius 3 is 2.45 bits per heavy atom. The molecule has 1 heterocycles. The third-order valence-electron chi connectivity index (χ3n) is 3.24. The maximum atomic E-state index is 12.2. The monoisotopic (exact) mass is 278 g/mol. The van der Waals surface area contributed by atoms with Gasteiger partial charge >= 0.3 is 0 Å².